The average Bonchev–Trinajstić information content (AvgIpc) is 2.76. The van der Waals surface area contributed by atoms with Gasteiger partial charge in [0.1, 0.15) is 9.84 Å². The highest BCUT2D eigenvalue weighted by Crippen LogP contribution is 2.03. The van der Waals surface area contributed by atoms with E-state index >= 15 is 0 Å². The summed E-state index contributed by atoms with van der Waals surface area (Å²) >= 11 is 0. The molecular weight excluding hydrogens is 240 g/mol. The lowest BCUT2D eigenvalue weighted by atomic mass is 10.2. The van der Waals surface area contributed by atoms with Gasteiger partial charge in [0.15, 0.2) is 5.78 Å². The van der Waals surface area contributed by atoms with E-state index in [0.29, 0.717) is 24.9 Å². The van der Waals surface area contributed by atoms with Crippen molar-refractivity contribution in [3.63, 3.8) is 0 Å². The Labute approximate surface area is 102 Å². The lowest BCUT2D eigenvalue weighted by molar-refractivity contribution is 0.0988. The van der Waals surface area contributed by atoms with Crippen LogP contribution in [0, 0.1) is 0 Å². The smallest absolute Gasteiger partial charge is 0.165 e. The van der Waals surface area contributed by atoms with E-state index in [0.717, 1.165) is 0 Å². The lowest BCUT2D eigenvalue weighted by Gasteiger charge is -2.01. The summed E-state index contributed by atoms with van der Waals surface area (Å²) in [4.78, 5) is 11.4. The fourth-order valence-electron chi connectivity index (χ4n) is 1.42. The number of sulfone groups is 1. The number of hydrogen-bond donors (Lipinski definition) is 0. The third-order valence-corrected chi connectivity index (χ3v) is 4.35. The topological polar surface area (TPSA) is 69.0 Å². The number of aryl methyl sites for hydroxylation is 1. The largest absolute Gasteiger partial charge is 0.294 e. The van der Waals surface area contributed by atoms with Gasteiger partial charge < -0.3 is 0 Å². The van der Waals surface area contributed by atoms with Crippen LogP contribution in [0.5, 0.6) is 0 Å². The molecule has 1 rings (SSSR count). The molecular formula is C11H18N2O3S. The van der Waals surface area contributed by atoms with E-state index in [9.17, 15) is 13.2 Å². The van der Waals surface area contributed by atoms with Crippen molar-refractivity contribution < 1.29 is 13.2 Å². The van der Waals surface area contributed by atoms with E-state index in [1.165, 1.54) is 6.20 Å². The van der Waals surface area contributed by atoms with Crippen molar-refractivity contribution >= 4 is 15.6 Å². The maximum Gasteiger partial charge on any atom is 0.165 e. The first kappa shape index (κ1) is 13.9. The molecule has 0 fully saturated rings. The van der Waals surface area contributed by atoms with Gasteiger partial charge in [0.25, 0.3) is 0 Å². The van der Waals surface area contributed by atoms with Gasteiger partial charge in [-0.1, -0.05) is 13.8 Å². The first-order valence-corrected chi connectivity index (χ1v) is 7.56. The SMILES string of the molecule is CCC(=O)c1cnn(CCCS(=O)(=O)CC)c1. The molecule has 1 aromatic heterocycles. The van der Waals surface area contributed by atoms with Crippen LogP contribution in [0.15, 0.2) is 12.4 Å². The van der Waals surface area contributed by atoms with Crippen LogP contribution in [-0.2, 0) is 16.4 Å². The van der Waals surface area contributed by atoms with Crippen molar-refractivity contribution in [3.8, 4) is 0 Å². The van der Waals surface area contributed by atoms with Crippen LogP contribution in [0.3, 0.4) is 0 Å². The molecule has 6 heteroatoms. The molecule has 5 nitrogen and oxygen atoms in total. The molecule has 1 aromatic rings. The van der Waals surface area contributed by atoms with E-state index in [2.05, 4.69) is 5.10 Å². The second kappa shape index (κ2) is 5.95. The zero-order valence-corrected chi connectivity index (χ0v) is 11.0. The van der Waals surface area contributed by atoms with Crippen molar-refractivity contribution in [1.82, 2.24) is 9.78 Å². The molecule has 0 bridgehead atoms. The number of hydrogen-bond acceptors (Lipinski definition) is 4. The van der Waals surface area contributed by atoms with Gasteiger partial charge >= 0.3 is 0 Å². The van der Waals surface area contributed by atoms with Crippen LogP contribution in [-0.4, -0.2) is 35.5 Å². The summed E-state index contributed by atoms with van der Waals surface area (Å²) in [5, 5.41) is 4.03. The van der Waals surface area contributed by atoms with Crippen molar-refractivity contribution in [2.75, 3.05) is 11.5 Å². The second-order valence-corrected chi connectivity index (χ2v) is 6.33. The minimum atomic E-state index is -2.91. The summed E-state index contributed by atoms with van der Waals surface area (Å²) in [6.07, 6.45) is 4.18. The Morgan fingerprint density at radius 3 is 2.71 bits per heavy atom. The van der Waals surface area contributed by atoms with Gasteiger partial charge in [-0.3, -0.25) is 9.48 Å². The highest BCUT2D eigenvalue weighted by Gasteiger charge is 2.08. The Hall–Kier alpha value is -1.17. The summed E-state index contributed by atoms with van der Waals surface area (Å²) in [5.41, 5.74) is 0.589. The maximum absolute atomic E-state index is 11.4. The molecule has 0 N–H and O–H groups in total. The van der Waals surface area contributed by atoms with Crippen LogP contribution in [0.1, 0.15) is 37.0 Å². The third kappa shape index (κ3) is 4.30. The fourth-order valence-corrected chi connectivity index (χ4v) is 2.28. The zero-order chi connectivity index (χ0) is 12.9. The van der Waals surface area contributed by atoms with Gasteiger partial charge in [0, 0.05) is 24.9 Å². The number of ketones is 1. The Bertz CT molecular complexity index is 477. The molecule has 0 spiro atoms. The highest BCUT2D eigenvalue weighted by molar-refractivity contribution is 7.91. The highest BCUT2D eigenvalue weighted by atomic mass is 32.2. The Morgan fingerprint density at radius 2 is 2.12 bits per heavy atom. The molecule has 0 unspecified atom stereocenters. The number of aromatic nitrogens is 2. The van der Waals surface area contributed by atoms with Crippen LogP contribution in [0.4, 0.5) is 0 Å². The molecule has 0 aliphatic rings. The molecule has 0 amide bonds. The van der Waals surface area contributed by atoms with Crippen molar-refractivity contribution in [3.05, 3.63) is 18.0 Å². The van der Waals surface area contributed by atoms with Crippen LogP contribution in [0.2, 0.25) is 0 Å². The molecule has 0 aliphatic heterocycles. The summed E-state index contributed by atoms with van der Waals surface area (Å²) < 4.78 is 24.2. The molecule has 0 aliphatic carbocycles. The summed E-state index contributed by atoms with van der Waals surface area (Å²) in [6, 6.07) is 0. The van der Waals surface area contributed by atoms with Gasteiger partial charge in [0.2, 0.25) is 0 Å². The molecule has 0 saturated heterocycles. The molecule has 0 aromatic carbocycles. The van der Waals surface area contributed by atoms with Gasteiger partial charge in [0.05, 0.1) is 17.5 Å². The third-order valence-electron chi connectivity index (χ3n) is 2.56. The predicted octanol–water partition coefficient (Wildman–Crippen LogP) is 1.30. The maximum atomic E-state index is 11.4. The van der Waals surface area contributed by atoms with Gasteiger partial charge in [-0.2, -0.15) is 5.10 Å². The van der Waals surface area contributed by atoms with E-state index in [4.69, 9.17) is 0 Å². The standard InChI is InChI=1S/C11H18N2O3S/c1-3-11(14)10-8-12-13(9-10)6-5-7-17(15,16)4-2/h8-9H,3-7H2,1-2H3. The van der Waals surface area contributed by atoms with Gasteiger partial charge in [-0.25, -0.2) is 8.42 Å². The van der Waals surface area contributed by atoms with Crippen LogP contribution < -0.4 is 0 Å². The normalized spacial score (nSPS) is 11.6. The predicted molar refractivity (Wildman–Crippen MR) is 65.8 cm³/mol. The Kier molecular flexibility index (Phi) is 4.86. The Morgan fingerprint density at radius 1 is 1.41 bits per heavy atom. The molecule has 0 radical (unpaired) electrons. The number of Topliss-reactive ketones (excluding diaryl/α,β-unsaturated/α-hetero) is 1. The van der Waals surface area contributed by atoms with E-state index < -0.39 is 9.84 Å². The zero-order valence-electron chi connectivity index (χ0n) is 10.2. The molecule has 0 saturated carbocycles. The molecule has 96 valence electrons. The van der Waals surface area contributed by atoms with E-state index in [1.807, 2.05) is 0 Å². The number of rotatable bonds is 7. The second-order valence-electron chi connectivity index (χ2n) is 3.86. The number of carbonyl (C=O) groups is 1. The lowest BCUT2D eigenvalue weighted by Crippen LogP contribution is -2.11. The summed E-state index contributed by atoms with van der Waals surface area (Å²) in [5.74, 6) is 0.393. The number of carbonyl (C=O) groups excluding carboxylic acids is 1. The first-order valence-electron chi connectivity index (χ1n) is 5.74. The molecule has 0 atom stereocenters. The Balaban J connectivity index is 2.48. The van der Waals surface area contributed by atoms with Crippen molar-refractivity contribution in [1.29, 1.82) is 0 Å². The van der Waals surface area contributed by atoms with E-state index in [-0.39, 0.29) is 17.3 Å². The molecule has 17 heavy (non-hydrogen) atoms. The summed E-state index contributed by atoms with van der Waals surface area (Å²) in [6.45, 7) is 3.96. The summed E-state index contributed by atoms with van der Waals surface area (Å²) in [7, 11) is -2.91. The van der Waals surface area contributed by atoms with Gasteiger partial charge in [-0.15, -0.1) is 0 Å². The van der Waals surface area contributed by atoms with Crippen molar-refractivity contribution in [2.24, 2.45) is 0 Å². The fraction of sp³-hybridized carbons (Fsp3) is 0.636. The minimum absolute atomic E-state index is 0.0532. The van der Waals surface area contributed by atoms with Crippen LogP contribution in [0.25, 0.3) is 0 Å². The van der Waals surface area contributed by atoms with Crippen molar-refractivity contribution in [2.45, 2.75) is 33.2 Å². The van der Waals surface area contributed by atoms with E-state index in [1.54, 1.807) is 24.7 Å². The average molecular weight is 258 g/mol. The van der Waals surface area contributed by atoms with Gasteiger partial charge in [-0.05, 0) is 6.42 Å². The first-order chi connectivity index (χ1) is 7.98. The van der Waals surface area contributed by atoms with Crippen LogP contribution >= 0.6 is 0 Å². The quantitative estimate of drug-likeness (QED) is 0.691. The number of nitrogens with zero attached hydrogens (tertiary/aromatic N) is 2. The monoisotopic (exact) mass is 258 g/mol. The molecule has 1 heterocycles. The minimum Gasteiger partial charge on any atom is -0.294 e.